The zero-order valence-electron chi connectivity index (χ0n) is 15.1. The molecule has 0 aliphatic carbocycles. The van der Waals surface area contributed by atoms with E-state index in [-0.39, 0.29) is 0 Å². The van der Waals surface area contributed by atoms with E-state index >= 15 is 0 Å². The lowest BCUT2D eigenvalue weighted by atomic mass is 10.0. The fraction of sp³-hybridized carbons (Fsp3) is 0.381. The molecular formula is C21H28N2S. The van der Waals surface area contributed by atoms with Gasteiger partial charge in [-0.2, -0.15) is 0 Å². The van der Waals surface area contributed by atoms with Crippen molar-refractivity contribution < 1.29 is 0 Å². The van der Waals surface area contributed by atoms with Crippen molar-refractivity contribution >= 4 is 23.0 Å². The predicted octanol–water partition coefficient (Wildman–Crippen LogP) is 5.35. The van der Waals surface area contributed by atoms with Crippen LogP contribution in [-0.2, 0) is 6.42 Å². The lowest BCUT2D eigenvalue weighted by Crippen LogP contribution is -2.29. The molecule has 0 atom stereocenters. The minimum atomic E-state index is 0.592. The number of thiocarbonyl (C=S) groups is 1. The smallest absolute Gasteiger partial charge is 0.170 e. The molecule has 0 bridgehead atoms. The van der Waals surface area contributed by atoms with E-state index in [2.05, 4.69) is 80.8 Å². The fourth-order valence-electron chi connectivity index (χ4n) is 2.60. The van der Waals surface area contributed by atoms with Crippen molar-refractivity contribution in [1.29, 1.82) is 0 Å². The molecule has 0 radical (unpaired) electrons. The molecule has 2 N–H and O–H groups in total. The molecule has 0 aliphatic rings. The third-order valence-electron chi connectivity index (χ3n) is 4.22. The Morgan fingerprint density at radius 1 is 1.04 bits per heavy atom. The Kier molecular flexibility index (Phi) is 6.80. The van der Waals surface area contributed by atoms with Crippen LogP contribution in [0.4, 0.5) is 5.69 Å². The van der Waals surface area contributed by atoms with Gasteiger partial charge in [0.05, 0.1) is 0 Å². The van der Waals surface area contributed by atoms with Gasteiger partial charge in [0.15, 0.2) is 5.11 Å². The minimum absolute atomic E-state index is 0.592. The first-order valence-electron chi connectivity index (χ1n) is 8.66. The molecule has 3 heteroatoms. The normalized spacial score (nSPS) is 10.7. The second-order valence-corrected chi connectivity index (χ2v) is 7.11. The number of aryl methyl sites for hydroxylation is 3. The maximum Gasteiger partial charge on any atom is 0.170 e. The maximum absolute atomic E-state index is 5.39. The summed E-state index contributed by atoms with van der Waals surface area (Å²) in [6, 6.07) is 15.3. The molecule has 0 aromatic heterocycles. The third kappa shape index (κ3) is 5.64. The Balaban J connectivity index is 1.73. The van der Waals surface area contributed by atoms with Crippen molar-refractivity contribution in [1.82, 2.24) is 5.32 Å². The van der Waals surface area contributed by atoms with Crippen LogP contribution in [0.3, 0.4) is 0 Å². The van der Waals surface area contributed by atoms with Gasteiger partial charge in [0.1, 0.15) is 0 Å². The van der Waals surface area contributed by atoms with Crippen LogP contribution in [0.15, 0.2) is 42.5 Å². The van der Waals surface area contributed by atoms with E-state index in [1.165, 1.54) is 22.3 Å². The highest BCUT2D eigenvalue weighted by Crippen LogP contribution is 2.16. The van der Waals surface area contributed by atoms with Crippen molar-refractivity contribution in [2.75, 3.05) is 11.9 Å². The summed E-state index contributed by atoms with van der Waals surface area (Å²) in [5, 5.41) is 7.28. The second kappa shape index (κ2) is 8.84. The SMILES string of the molecule is Cc1ccc(C)c(NC(=S)NCCCc2ccc(C(C)C)cc2)c1. The first-order valence-corrected chi connectivity index (χ1v) is 9.07. The molecule has 24 heavy (non-hydrogen) atoms. The molecular weight excluding hydrogens is 312 g/mol. The van der Waals surface area contributed by atoms with Crippen LogP contribution in [-0.4, -0.2) is 11.7 Å². The topological polar surface area (TPSA) is 24.1 Å². The van der Waals surface area contributed by atoms with Gasteiger partial charge in [0.2, 0.25) is 0 Å². The highest BCUT2D eigenvalue weighted by atomic mass is 32.1. The van der Waals surface area contributed by atoms with Crippen molar-refractivity contribution in [3.63, 3.8) is 0 Å². The van der Waals surface area contributed by atoms with Crippen LogP contribution >= 0.6 is 12.2 Å². The lowest BCUT2D eigenvalue weighted by molar-refractivity contribution is 0.776. The molecule has 128 valence electrons. The van der Waals surface area contributed by atoms with Crippen LogP contribution in [0.1, 0.15) is 48.4 Å². The number of anilines is 1. The summed E-state index contributed by atoms with van der Waals surface area (Å²) in [5.74, 6) is 0.592. The summed E-state index contributed by atoms with van der Waals surface area (Å²) < 4.78 is 0. The number of benzene rings is 2. The van der Waals surface area contributed by atoms with Gasteiger partial charge >= 0.3 is 0 Å². The van der Waals surface area contributed by atoms with Gasteiger partial charge in [0.25, 0.3) is 0 Å². The Morgan fingerprint density at radius 2 is 1.75 bits per heavy atom. The Bertz CT molecular complexity index is 675. The summed E-state index contributed by atoms with van der Waals surface area (Å²) in [5.41, 5.74) is 6.30. The molecule has 2 aromatic carbocycles. The van der Waals surface area contributed by atoms with Gasteiger partial charge < -0.3 is 10.6 Å². The first-order chi connectivity index (χ1) is 11.5. The van der Waals surface area contributed by atoms with Gasteiger partial charge in [0, 0.05) is 12.2 Å². The van der Waals surface area contributed by atoms with Crippen LogP contribution in [0.5, 0.6) is 0 Å². The number of hydrogen-bond acceptors (Lipinski definition) is 1. The molecule has 0 saturated heterocycles. The Labute approximate surface area is 151 Å². The molecule has 0 amide bonds. The van der Waals surface area contributed by atoms with Crippen molar-refractivity contribution in [2.24, 2.45) is 0 Å². The number of nitrogens with one attached hydrogen (secondary N) is 2. The molecule has 2 rings (SSSR count). The van der Waals surface area contributed by atoms with Crippen LogP contribution < -0.4 is 10.6 Å². The van der Waals surface area contributed by atoms with Gasteiger partial charge in [-0.05, 0) is 73.1 Å². The van der Waals surface area contributed by atoms with E-state index in [9.17, 15) is 0 Å². The molecule has 0 saturated carbocycles. The van der Waals surface area contributed by atoms with E-state index in [1.54, 1.807) is 0 Å². The number of hydrogen-bond donors (Lipinski definition) is 2. The summed E-state index contributed by atoms with van der Waals surface area (Å²) in [4.78, 5) is 0. The van der Waals surface area contributed by atoms with Crippen molar-refractivity contribution in [2.45, 2.75) is 46.5 Å². The van der Waals surface area contributed by atoms with E-state index in [0.717, 1.165) is 25.1 Å². The monoisotopic (exact) mass is 340 g/mol. The first kappa shape index (κ1) is 18.5. The van der Waals surface area contributed by atoms with Gasteiger partial charge in [-0.15, -0.1) is 0 Å². The van der Waals surface area contributed by atoms with E-state index in [1.807, 2.05) is 0 Å². The van der Waals surface area contributed by atoms with Gasteiger partial charge in [-0.3, -0.25) is 0 Å². The zero-order chi connectivity index (χ0) is 17.5. The summed E-state index contributed by atoms with van der Waals surface area (Å²) in [7, 11) is 0. The summed E-state index contributed by atoms with van der Waals surface area (Å²) in [6.45, 7) is 9.51. The third-order valence-corrected chi connectivity index (χ3v) is 4.46. The quantitative estimate of drug-likeness (QED) is 0.548. The molecule has 0 fully saturated rings. The van der Waals surface area contributed by atoms with E-state index in [0.29, 0.717) is 11.0 Å². The van der Waals surface area contributed by atoms with Gasteiger partial charge in [-0.25, -0.2) is 0 Å². The van der Waals surface area contributed by atoms with Gasteiger partial charge in [-0.1, -0.05) is 50.2 Å². The van der Waals surface area contributed by atoms with Crippen LogP contribution in [0, 0.1) is 13.8 Å². The van der Waals surface area contributed by atoms with E-state index < -0.39 is 0 Å². The molecule has 0 spiro atoms. The number of rotatable bonds is 6. The summed E-state index contributed by atoms with van der Waals surface area (Å²) >= 11 is 5.39. The average Bonchev–Trinajstić information content (AvgIpc) is 2.55. The standard InChI is InChI=1S/C21H28N2S/c1-15(2)19-11-9-18(10-12-19)6-5-13-22-21(24)23-20-14-16(3)7-8-17(20)4/h7-12,14-15H,5-6,13H2,1-4H3,(H2,22,23,24). The highest BCUT2D eigenvalue weighted by molar-refractivity contribution is 7.80. The lowest BCUT2D eigenvalue weighted by Gasteiger charge is -2.13. The van der Waals surface area contributed by atoms with Crippen molar-refractivity contribution in [3.05, 3.63) is 64.7 Å². The predicted molar refractivity (Wildman–Crippen MR) is 109 cm³/mol. The largest absolute Gasteiger partial charge is 0.362 e. The molecule has 0 aliphatic heterocycles. The fourth-order valence-corrected chi connectivity index (χ4v) is 2.81. The van der Waals surface area contributed by atoms with Crippen molar-refractivity contribution in [3.8, 4) is 0 Å². The summed E-state index contributed by atoms with van der Waals surface area (Å²) in [6.07, 6.45) is 2.13. The van der Waals surface area contributed by atoms with E-state index in [4.69, 9.17) is 12.2 Å². The molecule has 0 unspecified atom stereocenters. The Hall–Kier alpha value is -1.87. The Morgan fingerprint density at radius 3 is 2.42 bits per heavy atom. The van der Waals surface area contributed by atoms with Crippen LogP contribution in [0.25, 0.3) is 0 Å². The minimum Gasteiger partial charge on any atom is -0.362 e. The highest BCUT2D eigenvalue weighted by Gasteiger charge is 2.02. The molecule has 0 heterocycles. The zero-order valence-corrected chi connectivity index (χ0v) is 16.0. The average molecular weight is 341 g/mol. The maximum atomic E-state index is 5.39. The second-order valence-electron chi connectivity index (χ2n) is 6.70. The molecule has 2 aromatic rings. The molecule has 2 nitrogen and oxygen atoms in total. The van der Waals surface area contributed by atoms with Crippen LogP contribution in [0.2, 0.25) is 0 Å².